The molecule has 0 aromatic rings. The van der Waals surface area contributed by atoms with Crippen LogP contribution in [0.4, 0.5) is 0 Å². The van der Waals surface area contributed by atoms with Gasteiger partial charge in [-0.3, -0.25) is 0 Å². The van der Waals surface area contributed by atoms with Gasteiger partial charge in [0.1, 0.15) is 0 Å². The van der Waals surface area contributed by atoms with Crippen LogP contribution in [0.1, 0.15) is 72.6 Å². The molecule has 0 aromatic heterocycles. The lowest BCUT2D eigenvalue weighted by Gasteiger charge is -2.51. The van der Waals surface area contributed by atoms with E-state index in [4.69, 9.17) is 0 Å². The standard InChI is InChI=1S/C17H33N/c1-5-6-15-13-18-12-11-17(15)9-7-14(8-10-17)16(2,3)4/h14-15,18H,5-13H2,1-4H3. The Bertz CT molecular complexity index is 253. The van der Waals surface area contributed by atoms with Crippen LogP contribution >= 0.6 is 0 Å². The van der Waals surface area contributed by atoms with E-state index >= 15 is 0 Å². The van der Waals surface area contributed by atoms with Crippen LogP contribution in [0.3, 0.4) is 0 Å². The van der Waals surface area contributed by atoms with E-state index in [2.05, 4.69) is 33.0 Å². The third kappa shape index (κ3) is 2.92. The zero-order chi connectivity index (χ0) is 13.2. The van der Waals surface area contributed by atoms with Crippen LogP contribution < -0.4 is 5.32 Å². The van der Waals surface area contributed by atoms with E-state index in [0.29, 0.717) is 10.8 Å². The minimum Gasteiger partial charge on any atom is -0.316 e. The fraction of sp³-hybridized carbons (Fsp3) is 1.00. The first kappa shape index (κ1) is 14.4. The molecule has 1 nitrogen and oxygen atoms in total. The van der Waals surface area contributed by atoms with Gasteiger partial charge in [-0.1, -0.05) is 34.1 Å². The minimum atomic E-state index is 0.523. The SMILES string of the molecule is CCCC1CNCCC12CCC(C(C)(C)C)CC2. The third-order valence-corrected chi connectivity index (χ3v) is 5.90. The summed E-state index contributed by atoms with van der Waals surface area (Å²) in [5.74, 6) is 1.91. The fourth-order valence-corrected chi connectivity index (χ4v) is 4.51. The third-order valence-electron chi connectivity index (χ3n) is 5.90. The largest absolute Gasteiger partial charge is 0.316 e. The van der Waals surface area contributed by atoms with Crippen molar-refractivity contribution in [3.05, 3.63) is 0 Å². The van der Waals surface area contributed by atoms with Crippen LogP contribution in [-0.4, -0.2) is 13.1 Å². The molecule has 1 unspecified atom stereocenters. The minimum absolute atomic E-state index is 0.523. The molecule has 1 heterocycles. The molecule has 2 fully saturated rings. The Hall–Kier alpha value is -0.0400. The predicted octanol–water partition coefficient (Wildman–Crippen LogP) is 4.62. The van der Waals surface area contributed by atoms with Crippen LogP contribution in [0.5, 0.6) is 0 Å². The molecule has 106 valence electrons. The molecule has 1 atom stereocenters. The monoisotopic (exact) mass is 251 g/mol. The van der Waals surface area contributed by atoms with Crippen LogP contribution in [0.2, 0.25) is 0 Å². The van der Waals surface area contributed by atoms with Crippen molar-refractivity contribution in [1.82, 2.24) is 5.32 Å². The first-order valence-electron chi connectivity index (χ1n) is 8.19. The summed E-state index contributed by atoms with van der Waals surface area (Å²) in [7, 11) is 0. The topological polar surface area (TPSA) is 12.0 Å². The van der Waals surface area contributed by atoms with Crippen LogP contribution in [-0.2, 0) is 0 Å². The first-order chi connectivity index (χ1) is 8.48. The molecule has 1 N–H and O–H groups in total. The average molecular weight is 251 g/mol. The van der Waals surface area contributed by atoms with Crippen LogP contribution in [0.15, 0.2) is 0 Å². The average Bonchev–Trinajstić information content (AvgIpc) is 2.32. The van der Waals surface area contributed by atoms with Gasteiger partial charge in [0, 0.05) is 0 Å². The molecule has 0 aromatic carbocycles. The summed E-state index contributed by atoms with van der Waals surface area (Å²) in [6.07, 6.45) is 10.2. The van der Waals surface area contributed by atoms with Crippen molar-refractivity contribution >= 4 is 0 Å². The van der Waals surface area contributed by atoms with Gasteiger partial charge in [-0.25, -0.2) is 0 Å². The van der Waals surface area contributed by atoms with Gasteiger partial charge in [0.05, 0.1) is 0 Å². The van der Waals surface area contributed by atoms with Crippen molar-refractivity contribution < 1.29 is 0 Å². The Labute approximate surface area is 114 Å². The summed E-state index contributed by atoms with van der Waals surface area (Å²) in [6.45, 7) is 12.2. The van der Waals surface area contributed by atoms with Crippen LogP contribution in [0, 0.1) is 22.7 Å². The van der Waals surface area contributed by atoms with Gasteiger partial charge in [0.2, 0.25) is 0 Å². The van der Waals surface area contributed by atoms with Gasteiger partial charge in [0.25, 0.3) is 0 Å². The van der Waals surface area contributed by atoms with Gasteiger partial charge < -0.3 is 5.32 Å². The van der Waals surface area contributed by atoms with E-state index < -0.39 is 0 Å². The lowest BCUT2D eigenvalue weighted by molar-refractivity contribution is 0.0121. The maximum atomic E-state index is 3.63. The second kappa shape index (κ2) is 5.53. The van der Waals surface area contributed by atoms with Gasteiger partial charge in [0.15, 0.2) is 0 Å². The number of nitrogens with one attached hydrogen (secondary N) is 1. The number of hydrogen-bond acceptors (Lipinski definition) is 1. The van der Waals surface area contributed by atoms with Gasteiger partial charge >= 0.3 is 0 Å². The van der Waals surface area contributed by atoms with E-state index in [-0.39, 0.29) is 0 Å². The lowest BCUT2D eigenvalue weighted by Crippen LogP contribution is -2.47. The highest BCUT2D eigenvalue weighted by molar-refractivity contribution is 4.96. The lowest BCUT2D eigenvalue weighted by atomic mass is 9.57. The summed E-state index contributed by atoms with van der Waals surface area (Å²) in [4.78, 5) is 0. The van der Waals surface area contributed by atoms with E-state index in [1.165, 1.54) is 58.0 Å². The normalized spacial score (nSPS) is 38.0. The zero-order valence-corrected chi connectivity index (χ0v) is 13.0. The summed E-state index contributed by atoms with van der Waals surface area (Å²) in [5, 5.41) is 3.63. The van der Waals surface area contributed by atoms with Crippen molar-refractivity contribution in [2.45, 2.75) is 72.6 Å². The molecule has 2 rings (SSSR count). The molecule has 18 heavy (non-hydrogen) atoms. The molecule has 1 spiro atoms. The van der Waals surface area contributed by atoms with Crippen molar-refractivity contribution in [1.29, 1.82) is 0 Å². The summed E-state index contributed by atoms with van der Waals surface area (Å²) >= 11 is 0. The van der Waals surface area contributed by atoms with Crippen molar-refractivity contribution in [2.75, 3.05) is 13.1 Å². The Balaban J connectivity index is 2.00. The molecular formula is C17H33N. The Morgan fingerprint density at radius 3 is 2.33 bits per heavy atom. The molecule has 0 bridgehead atoms. The first-order valence-corrected chi connectivity index (χ1v) is 8.19. The molecule has 1 aliphatic heterocycles. The maximum Gasteiger partial charge on any atom is -0.00152 e. The molecule has 1 heteroatoms. The molecule has 1 saturated heterocycles. The number of hydrogen-bond donors (Lipinski definition) is 1. The van der Waals surface area contributed by atoms with Crippen molar-refractivity contribution in [3.63, 3.8) is 0 Å². The Morgan fingerprint density at radius 1 is 1.11 bits per heavy atom. The molecule has 2 aliphatic rings. The number of piperidine rings is 1. The van der Waals surface area contributed by atoms with Gasteiger partial charge in [-0.2, -0.15) is 0 Å². The highest BCUT2D eigenvalue weighted by atomic mass is 14.9. The molecule has 1 saturated carbocycles. The van der Waals surface area contributed by atoms with Crippen LogP contribution in [0.25, 0.3) is 0 Å². The Morgan fingerprint density at radius 2 is 1.78 bits per heavy atom. The fourth-order valence-electron chi connectivity index (χ4n) is 4.51. The smallest absolute Gasteiger partial charge is 0.00152 e. The molecular weight excluding hydrogens is 218 g/mol. The van der Waals surface area contributed by atoms with Gasteiger partial charge in [-0.15, -0.1) is 0 Å². The molecule has 1 aliphatic carbocycles. The summed E-state index contributed by atoms with van der Waals surface area (Å²) in [5.41, 5.74) is 1.23. The second-order valence-corrected chi connectivity index (χ2v) is 7.94. The molecule has 0 radical (unpaired) electrons. The van der Waals surface area contributed by atoms with E-state index in [1.807, 2.05) is 0 Å². The predicted molar refractivity (Wildman–Crippen MR) is 79.7 cm³/mol. The summed E-state index contributed by atoms with van der Waals surface area (Å²) in [6, 6.07) is 0. The highest BCUT2D eigenvalue weighted by Gasteiger charge is 2.44. The van der Waals surface area contributed by atoms with Gasteiger partial charge in [-0.05, 0) is 74.3 Å². The van der Waals surface area contributed by atoms with Crippen molar-refractivity contribution in [2.24, 2.45) is 22.7 Å². The Kier molecular flexibility index (Phi) is 4.41. The van der Waals surface area contributed by atoms with E-state index in [1.54, 1.807) is 0 Å². The highest BCUT2D eigenvalue weighted by Crippen LogP contribution is 2.52. The summed E-state index contributed by atoms with van der Waals surface area (Å²) < 4.78 is 0. The second-order valence-electron chi connectivity index (χ2n) is 7.94. The van der Waals surface area contributed by atoms with E-state index in [9.17, 15) is 0 Å². The zero-order valence-electron chi connectivity index (χ0n) is 13.0. The van der Waals surface area contributed by atoms with Crippen molar-refractivity contribution in [3.8, 4) is 0 Å². The van der Waals surface area contributed by atoms with E-state index in [0.717, 1.165) is 11.8 Å². The molecule has 0 amide bonds. The maximum absolute atomic E-state index is 3.63. The number of rotatable bonds is 2. The quantitative estimate of drug-likeness (QED) is 0.755.